The Morgan fingerprint density at radius 3 is 1.69 bits per heavy atom. The molecule has 7 rings (SSSR count). The summed E-state index contributed by atoms with van der Waals surface area (Å²) >= 11 is 12.1. The van der Waals surface area contributed by atoms with Crippen LogP contribution in [0.2, 0.25) is 10.0 Å². The van der Waals surface area contributed by atoms with Gasteiger partial charge in [0.2, 0.25) is 0 Å². The van der Waals surface area contributed by atoms with E-state index in [1.165, 1.54) is 12.1 Å². The normalized spacial score (nSPS) is 19.8. The first-order valence-electron chi connectivity index (χ1n) is 27.8. The van der Waals surface area contributed by atoms with Crippen molar-refractivity contribution in [3.8, 4) is 11.5 Å². The van der Waals surface area contributed by atoms with Crippen LogP contribution in [0.15, 0.2) is 53.4 Å². The van der Waals surface area contributed by atoms with E-state index in [1.54, 1.807) is 41.3 Å². The number of halogens is 2. The molecule has 0 aliphatic carbocycles. The number of piperidine rings is 2. The van der Waals surface area contributed by atoms with Crippen molar-refractivity contribution >= 4 is 68.7 Å². The van der Waals surface area contributed by atoms with Crippen LogP contribution in [0.3, 0.4) is 0 Å². The van der Waals surface area contributed by atoms with Crippen LogP contribution in [0.1, 0.15) is 107 Å². The van der Waals surface area contributed by atoms with E-state index in [4.69, 9.17) is 67.3 Å². The van der Waals surface area contributed by atoms with Crippen molar-refractivity contribution in [2.75, 3.05) is 116 Å². The monoisotopic (exact) mass is 1190 g/mol. The van der Waals surface area contributed by atoms with E-state index in [9.17, 15) is 27.6 Å². The van der Waals surface area contributed by atoms with Gasteiger partial charge < -0.3 is 65.6 Å². The molecular weight excluding hydrogens is 1110 g/mol. The number of likely N-dealkylation sites (tertiary alicyclic amines) is 2. The lowest BCUT2D eigenvalue weighted by molar-refractivity contribution is -0.0355. The van der Waals surface area contributed by atoms with E-state index in [0.717, 1.165) is 64.0 Å². The number of anilines is 2. The minimum Gasteiger partial charge on any atom is -0.493 e. The molecule has 7 N–H and O–H groups in total. The van der Waals surface area contributed by atoms with E-state index in [1.807, 2.05) is 67.2 Å². The summed E-state index contributed by atoms with van der Waals surface area (Å²) in [5.41, 5.74) is 13.0. The zero-order chi connectivity index (χ0) is 59.5. The zero-order valence-electron chi connectivity index (χ0n) is 48.5. The Balaban J connectivity index is 0.000000232. The number of hydrogen-bond acceptors (Lipinski definition) is 17. The van der Waals surface area contributed by atoms with Gasteiger partial charge in [-0.15, -0.1) is 0 Å². The molecule has 0 spiro atoms. The van der Waals surface area contributed by atoms with Crippen molar-refractivity contribution in [3.05, 3.63) is 75.3 Å². The maximum absolute atomic E-state index is 12.8. The van der Waals surface area contributed by atoms with Gasteiger partial charge in [-0.3, -0.25) is 18.7 Å². The molecule has 4 aliphatic heterocycles. The topological polar surface area (TPSA) is 265 Å². The lowest BCUT2D eigenvalue weighted by Crippen LogP contribution is -2.51. The summed E-state index contributed by atoms with van der Waals surface area (Å²) in [5.74, 6) is 0.659. The van der Waals surface area contributed by atoms with Crippen LogP contribution in [-0.4, -0.2) is 176 Å². The highest BCUT2D eigenvalue weighted by Crippen LogP contribution is 2.31. The van der Waals surface area contributed by atoms with E-state index < -0.39 is 21.3 Å². The Labute approximate surface area is 488 Å². The summed E-state index contributed by atoms with van der Waals surface area (Å²) in [7, 11) is -3.78. The van der Waals surface area contributed by atoms with Gasteiger partial charge in [-0.2, -0.15) is 8.42 Å². The summed E-state index contributed by atoms with van der Waals surface area (Å²) in [4.78, 5) is 55.7. The Morgan fingerprint density at radius 2 is 1.20 bits per heavy atom. The maximum atomic E-state index is 12.8. The van der Waals surface area contributed by atoms with Gasteiger partial charge in [0.15, 0.2) is 0 Å². The summed E-state index contributed by atoms with van der Waals surface area (Å²) in [6.07, 6.45) is 2.93. The highest BCUT2D eigenvalue weighted by atomic mass is 35.5. The SMILES string of the molecule is CCOc1cc(N)c(Cl)cc1C(=O)NCC1CN(CC2CCCN(C(=O)OC(C)(C)C)C2)CCO1.CCOc1cc(N)c(Cl)cc1C(=O)NCC1CNCCO1.Cc1ccc(S(=O)(=O)OCC2CCCN(C(=O)OC(C)(C)C)C2)cc1. The molecule has 4 heterocycles. The van der Waals surface area contributed by atoms with Gasteiger partial charge in [0.1, 0.15) is 22.7 Å². The van der Waals surface area contributed by atoms with E-state index in [0.29, 0.717) is 116 Å². The predicted octanol–water partition coefficient (Wildman–Crippen LogP) is 7.79. The van der Waals surface area contributed by atoms with Crippen LogP contribution in [0.5, 0.6) is 11.5 Å². The van der Waals surface area contributed by atoms with Crippen LogP contribution in [0, 0.1) is 18.8 Å². The lowest BCUT2D eigenvalue weighted by atomic mass is 9.97. The molecule has 4 amide bonds. The molecule has 3 aromatic carbocycles. The van der Waals surface area contributed by atoms with Crippen LogP contribution < -0.4 is 36.9 Å². The van der Waals surface area contributed by atoms with Crippen molar-refractivity contribution in [2.45, 2.75) is 116 Å². The van der Waals surface area contributed by atoms with E-state index >= 15 is 0 Å². The molecule has 0 aromatic heterocycles. The largest absolute Gasteiger partial charge is 0.493 e. The van der Waals surface area contributed by atoms with Crippen molar-refractivity contribution in [2.24, 2.45) is 11.8 Å². The van der Waals surface area contributed by atoms with E-state index in [-0.39, 0.29) is 53.6 Å². The first-order chi connectivity index (χ1) is 38.2. The molecule has 24 heteroatoms. The van der Waals surface area contributed by atoms with Gasteiger partial charge in [-0.25, -0.2) is 9.59 Å². The number of amides is 4. The molecule has 3 aromatic rings. The highest BCUT2D eigenvalue weighted by Gasteiger charge is 2.32. The number of hydrogen-bond donors (Lipinski definition) is 5. The van der Waals surface area contributed by atoms with E-state index in [2.05, 4.69) is 20.9 Å². The fourth-order valence-corrected chi connectivity index (χ4v) is 10.5. The number of nitrogens with two attached hydrogens (primary N) is 2. The fourth-order valence-electron chi connectivity index (χ4n) is 9.19. The van der Waals surface area contributed by atoms with Crippen molar-refractivity contribution in [3.63, 3.8) is 0 Å². The summed E-state index contributed by atoms with van der Waals surface area (Å²) in [6, 6.07) is 12.8. The Bertz CT molecular complexity index is 2650. The third kappa shape index (κ3) is 22.4. The van der Waals surface area contributed by atoms with Crippen molar-refractivity contribution in [1.82, 2.24) is 30.7 Å². The molecule has 21 nitrogen and oxygen atoms in total. The maximum Gasteiger partial charge on any atom is 0.410 e. The minimum atomic E-state index is -3.78. The first-order valence-corrected chi connectivity index (χ1v) is 30.0. The number of carbonyl (C=O) groups is 4. The molecule has 4 atom stereocenters. The summed E-state index contributed by atoms with van der Waals surface area (Å²) in [6.45, 7) is 26.2. The van der Waals surface area contributed by atoms with Crippen LogP contribution in [0.4, 0.5) is 21.0 Å². The number of aryl methyl sites for hydroxylation is 1. The van der Waals surface area contributed by atoms with Crippen LogP contribution >= 0.6 is 23.2 Å². The van der Waals surface area contributed by atoms with Gasteiger partial charge in [0.25, 0.3) is 21.9 Å². The van der Waals surface area contributed by atoms with Gasteiger partial charge in [0, 0.05) is 90.0 Å². The van der Waals surface area contributed by atoms with Gasteiger partial charge in [-0.05, 0) is 118 Å². The summed E-state index contributed by atoms with van der Waals surface area (Å²) in [5, 5.41) is 9.63. The second kappa shape index (κ2) is 31.4. The fraction of sp³-hybridized carbons (Fsp3) is 0.614. The average molecular weight is 1190 g/mol. The second-order valence-corrected chi connectivity index (χ2v) is 24.8. The zero-order valence-corrected chi connectivity index (χ0v) is 50.9. The second-order valence-electron chi connectivity index (χ2n) is 22.4. The summed E-state index contributed by atoms with van der Waals surface area (Å²) < 4.78 is 63.1. The number of ether oxygens (including phenoxy) is 6. The molecule has 81 heavy (non-hydrogen) atoms. The highest BCUT2D eigenvalue weighted by molar-refractivity contribution is 7.86. The van der Waals surface area contributed by atoms with Crippen LogP contribution in [-0.2, 0) is 33.2 Å². The van der Waals surface area contributed by atoms with Crippen molar-refractivity contribution < 1.29 is 60.2 Å². The number of morpholine rings is 2. The molecule has 4 fully saturated rings. The Kier molecular flexibility index (Phi) is 25.7. The molecule has 4 saturated heterocycles. The smallest absolute Gasteiger partial charge is 0.410 e. The average Bonchev–Trinajstić information content (AvgIpc) is 3.45. The number of nitrogens with one attached hydrogen (secondary N) is 3. The molecule has 0 saturated carbocycles. The third-order valence-electron chi connectivity index (χ3n) is 13.1. The third-order valence-corrected chi connectivity index (χ3v) is 15.1. The van der Waals surface area contributed by atoms with Gasteiger partial charge in [0.05, 0.1) is 82.7 Å². The molecule has 0 radical (unpaired) electrons. The van der Waals surface area contributed by atoms with Crippen molar-refractivity contribution in [1.29, 1.82) is 0 Å². The predicted molar refractivity (Wildman–Crippen MR) is 313 cm³/mol. The number of benzene rings is 3. The number of rotatable bonds is 16. The van der Waals surface area contributed by atoms with Gasteiger partial charge >= 0.3 is 12.2 Å². The molecule has 4 unspecified atom stereocenters. The lowest BCUT2D eigenvalue weighted by Gasteiger charge is -2.39. The molecule has 4 aliphatic rings. The number of carbonyl (C=O) groups excluding carboxylic acids is 4. The van der Waals surface area contributed by atoms with Crippen LogP contribution in [0.25, 0.3) is 0 Å². The minimum absolute atomic E-state index is 0.0255. The standard InChI is InChI=1S/C25H39ClN4O5.C18H27NO5S.C14H20ClN3O3/c1-5-33-22-12-21(27)20(26)11-19(22)23(31)28-13-18-16-29(9-10-34-18)14-17-7-6-8-30(15-17)24(32)35-25(2,3)4;1-14-7-9-16(10-8-14)25(21,22)23-13-15-6-5-11-19(12-15)17(20)24-18(2,3)4;1-2-20-13-6-12(16)11(15)5-10(13)14(19)18-8-9-7-17-3-4-21-9/h11-12,17-18H,5-10,13-16,27H2,1-4H3,(H,28,31);7-10,15H,5-6,11-13H2,1-4H3;5-6,9,17H,2-4,7-8,16H2,1H3,(H,18,19). The molecule has 0 bridgehead atoms. The number of nitrogens with zero attached hydrogens (tertiary/aromatic N) is 3. The Hall–Kier alpha value is -5.33. The van der Waals surface area contributed by atoms with Gasteiger partial charge in [-0.1, -0.05) is 40.9 Å². The Morgan fingerprint density at radius 1 is 0.704 bits per heavy atom. The molecule has 452 valence electrons. The first kappa shape index (κ1) is 66.5. The number of nitrogen functional groups attached to an aromatic ring is 2. The molecular formula is C57H86Cl2N8O13S. The quantitative estimate of drug-likeness (QED) is 0.0677.